The molecule has 0 radical (unpaired) electrons. The van der Waals surface area contributed by atoms with E-state index in [1.54, 1.807) is 37.3 Å². The van der Waals surface area contributed by atoms with Crippen molar-refractivity contribution < 1.29 is 19.4 Å². The van der Waals surface area contributed by atoms with Crippen LogP contribution in [0, 0.1) is 0 Å². The van der Waals surface area contributed by atoms with E-state index in [0.717, 1.165) is 16.9 Å². The minimum absolute atomic E-state index is 0.262. The number of hydrogen-bond acceptors (Lipinski definition) is 5. The summed E-state index contributed by atoms with van der Waals surface area (Å²) in [6.45, 7) is 0.616. The maximum Gasteiger partial charge on any atom is 0.259 e. The van der Waals surface area contributed by atoms with E-state index in [-0.39, 0.29) is 18.4 Å². The monoisotopic (exact) mass is 431 g/mol. The smallest absolute Gasteiger partial charge is 0.259 e. The first-order chi connectivity index (χ1) is 15.5. The second-order valence-electron chi connectivity index (χ2n) is 7.64. The van der Waals surface area contributed by atoms with Crippen molar-refractivity contribution in [1.29, 1.82) is 0 Å². The summed E-state index contributed by atoms with van der Waals surface area (Å²) in [6, 6.07) is 21.8. The first-order valence-electron chi connectivity index (χ1n) is 10.3. The summed E-state index contributed by atoms with van der Waals surface area (Å²) in [5.74, 6) is 0.152. The van der Waals surface area contributed by atoms with Gasteiger partial charge in [-0.15, -0.1) is 0 Å². The van der Waals surface area contributed by atoms with Gasteiger partial charge in [0.1, 0.15) is 5.75 Å². The molecule has 2 amide bonds. The Balaban J connectivity index is 1.52. The quantitative estimate of drug-likeness (QED) is 0.627. The number of anilines is 1. The van der Waals surface area contributed by atoms with E-state index in [9.17, 15) is 14.7 Å². The molecule has 164 valence electrons. The number of fused-ring (bicyclic) bond motifs is 1. The van der Waals surface area contributed by atoms with Crippen molar-refractivity contribution in [2.45, 2.75) is 19.4 Å². The van der Waals surface area contributed by atoms with Gasteiger partial charge in [-0.2, -0.15) is 0 Å². The number of rotatable bonds is 6. The summed E-state index contributed by atoms with van der Waals surface area (Å²) in [5.41, 5.74) is 3.19. The Labute approximate surface area is 186 Å². The summed E-state index contributed by atoms with van der Waals surface area (Å²) in [4.78, 5) is 28.9. The van der Waals surface area contributed by atoms with Gasteiger partial charge < -0.3 is 20.1 Å². The first kappa shape index (κ1) is 21.4. The Morgan fingerprint density at radius 2 is 1.75 bits per heavy atom. The molecular weight excluding hydrogens is 406 g/mol. The van der Waals surface area contributed by atoms with Gasteiger partial charge in [0.05, 0.1) is 24.9 Å². The molecule has 7 nitrogen and oxygen atoms in total. The summed E-state index contributed by atoms with van der Waals surface area (Å²) in [6.07, 6.45) is -1.09. The van der Waals surface area contributed by atoms with Crippen LogP contribution in [0.2, 0.25) is 0 Å². The zero-order valence-electron chi connectivity index (χ0n) is 18.0. The van der Waals surface area contributed by atoms with Crippen molar-refractivity contribution in [3.8, 4) is 5.75 Å². The number of ether oxygens (including phenoxy) is 1. The number of carbonyl (C=O) groups excluding carboxylic acids is 2. The maximum absolute atomic E-state index is 13.2. The third-order valence-electron chi connectivity index (χ3n) is 5.56. The van der Waals surface area contributed by atoms with Crippen LogP contribution in [-0.2, 0) is 13.1 Å². The van der Waals surface area contributed by atoms with Crippen molar-refractivity contribution >= 4 is 17.5 Å². The Bertz CT molecular complexity index is 1120. The molecule has 4 rings (SSSR count). The first-order valence-corrected chi connectivity index (χ1v) is 10.3. The van der Waals surface area contributed by atoms with Crippen molar-refractivity contribution in [3.05, 3.63) is 95.1 Å². The molecule has 1 atom stereocenters. The predicted octanol–water partition coefficient (Wildman–Crippen LogP) is 2.99. The Morgan fingerprint density at radius 3 is 2.44 bits per heavy atom. The molecule has 0 bridgehead atoms. The zero-order valence-corrected chi connectivity index (χ0v) is 18.0. The lowest BCUT2D eigenvalue weighted by Gasteiger charge is -2.40. The molecule has 32 heavy (non-hydrogen) atoms. The lowest BCUT2D eigenvalue weighted by atomic mass is 10.0. The van der Waals surface area contributed by atoms with Crippen molar-refractivity contribution in [1.82, 2.24) is 10.2 Å². The van der Waals surface area contributed by atoms with Crippen LogP contribution in [0.5, 0.6) is 5.75 Å². The number of methoxy groups -OCH3 is 1. The Kier molecular flexibility index (Phi) is 6.09. The Hall–Kier alpha value is -3.84. The van der Waals surface area contributed by atoms with Crippen molar-refractivity contribution in [2.24, 2.45) is 0 Å². The van der Waals surface area contributed by atoms with Gasteiger partial charge in [-0.3, -0.25) is 14.5 Å². The largest absolute Gasteiger partial charge is 0.497 e. The van der Waals surface area contributed by atoms with Gasteiger partial charge in [0.15, 0.2) is 0 Å². The van der Waals surface area contributed by atoms with E-state index in [1.165, 1.54) is 4.90 Å². The summed E-state index contributed by atoms with van der Waals surface area (Å²) >= 11 is 0. The van der Waals surface area contributed by atoms with Crippen molar-refractivity contribution in [2.75, 3.05) is 19.1 Å². The van der Waals surface area contributed by atoms with E-state index < -0.39 is 6.35 Å². The molecule has 0 spiro atoms. The van der Waals surface area contributed by atoms with Gasteiger partial charge in [-0.05, 0) is 41.5 Å². The molecule has 0 aliphatic carbocycles. The predicted molar refractivity (Wildman–Crippen MR) is 121 cm³/mol. The second kappa shape index (κ2) is 9.11. The molecule has 0 fully saturated rings. The van der Waals surface area contributed by atoms with Crippen molar-refractivity contribution in [3.63, 3.8) is 0 Å². The fourth-order valence-electron chi connectivity index (χ4n) is 3.71. The highest BCUT2D eigenvalue weighted by Crippen LogP contribution is 2.31. The number of nitrogens with zero attached hydrogens (tertiary/aromatic N) is 2. The van der Waals surface area contributed by atoms with E-state index >= 15 is 0 Å². The van der Waals surface area contributed by atoms with Crippen LogP contribution in [0.15, 0.2) is 72.8 Å². The highest BCUT2D eigenvalue weighted by Gasteiger charge is 2.35. The number of aliphatic hydroxyl groups is 1. The van der Waals surface area contributed by atoms with Gasteiger partial charge >= 0.3 is 0 Å². The number of hydrogen-bond donors (Lipinski definition) is 2. The van der Waals surface area contributed by atoms with Crippen LogP contribution in [-0.4, -0.2) is 42.3 Å². The van der Waals surface area contributed by atoms with Crippen LogP contribution >= 0.6 is 0 Å². The highest BCUT2D eigenvalue weighted by molar-refractivity contribution is 6.05. The SMILES string of the molecule is COc1ccc(CNC(=O)c2ccc3c(c2)C(=O)N(Cc2ccccc2)C(O)N3C)cc1. The van der Waals surface area contributed by atoms with Crippen LogP contribution in [0.1, 0.15) is 31.8 Å². The molecule has 0 aromatic heterocycles. The number of carbonyl (C=O) groups is 2. The fourth-order valence-corrected chi connectivity index (χ4v) is 3.71. The summed E-state index contributed by atoms with van der Waals surface area (Å²) in [7, 11) is 3.32. The van der Waals surface area contributed by atoms with Gasteiger partial charge in [-0.1, -0.05) is 42.5 Å². The minimum Gasteiger partial charge on any atom is -0.497 e. The standard InChI is InChI=1S/C25H25N3O4/c1-27-22-13-10-19(23(29)26-15-17-8-11-20(32-2)12-9-17)14-21(22)24(30)28(25(27)31)16-18-6-4-3-5-7-18/h3-14,25,31H,15-16H2,1-2H3,(H,26,29). The summed E-state index contributed by atoms with van der Waals surface area (Å²) < 4.78 is 5.14. The number of nitrogens with one attached hydrogen (secondary N) is 1. The van der Waals surface area contributed by atoms with Crippen LogP contribution in [0.25, 0.3) is 0 Å². The van der Waals surface area contributed by atoms with Crippen LogP contribution in [0.3, 0.4) is 0 Å². The van der Waals surface area contributed by atoms with Crippen LogP contribution in [0.4, 0.5) is 5.69 Å². The Morgan fingerprint density at radius 1 is 1.03 bits per heavy atom. The lowest BCUT2D eigenvalue weighted by Crippen LogP contribution is -2.53. The molecule has 1 aliphatic heterocycles. The maximum atomic E-state index is 13.2. The highest BCUT2D eigenvalue weighted by atomic mass is 16.5. The molecule has 3 aromatic carbocycles. The number of aliphatic hydroxyl groups excluding tert-OH is 1. The van der Waals surface area contributed by atoms with E-state index in [4.69, 9.17) is 4.74 Å². The third kappa shape index (κ3) is 4.29. The van der Waals surface area contributed by atoms with Gasteiger partial charge in [0.25, 0.3) is 11.8 Å². The lowest BCUT2D eigenvalue weighted by molar-refractivity contribution is 0.000426. The summed E-state index contributed by atoms with van der Waals surface area (Å²) in [5, 5.41) is 13.6. The molecule has 1 aliphatic rings. The third-order valence-corrected chi connectivity index (χ3v) is 5.56. The molecule has 1 unspecified atom stereocenters. The molecular formula is C25H25N3O4. The zero-order chi connectivity index (χ0) is 22.7. The molecule has 7 heteroatoms. The van der Waals surface area contributed by atoms with Gasteiger partial charge in [0, 0.05) is 19.2 Å². The van der Waals surface area contributed by atoms with Gasteiger partial charge in [-0.25, -0.2) is 0 Å². The minimum atomic E-state index is -1.09. The van der Waals surface area contributed by atoms with E-state index in [1.807, 2.05) is 54.6 Å². The van der Waals surface area contributed by atoms with E-state index in [0.29, 0.717) is 23.4 Å². The molecule has 3 aromatic rings. The fraction of sp³-hybridized carbons (Fsp3) is 0.200. The molecule has 0 saturated carbocycles. The van der Waals surface area contributed by atoms with Gasteiger partial charge in [0.2, 0.25) is 6.35 Å². The molecule has 0 saturated heterocycles. The molecule has 2 N–H and O–H groups in total. The number of amides is 2. The van der Waals surface area contributed by atoms with E-state index in [2.05, 4.69) is 5.32 Å². The average molecular weight is 431 g/mol. The topological polar surface area (TPSA) is 82.1 Å². The van der Waals surface area contributed by atoms with Crippen LogP contribution < -0.4 is 15.0 Å². The number of benzene rings is 3. The normalized spacial score (nSPS) is 15.3. The second-order valence-corrected chi connectivity index (χ2v) is 7.64. The molecule has 1 heterocycles. The average Bonchev–Trinajstić information content (AvgIpc) is 2.84.